The first-order valence-electron chi connectivity index (χ1n) is 8.89. The van der Waals surface area contributed by atoms with Crippen LogP contribution in [0.5, 0.6) is 5.75 Å². The maximum absolute atomic E-state index is 6.38. The molecule has 3 aromatic carbocycles. The molecule has 134 valence electrons. The van der Waals surface area contributed by atoms with E-state index in [2.05, 4.69) is 66.7 Å². The molecule has 2 atom stereocenters. The van der Waals surface area contributed by atoms with Crippen molar-refractivity contribution >= 4 is 12.4 Å². The molecule has 3 aromatic rings. The number of nitrogens with two attached hydrogens (primary N) is 1. The summed E-state index contributed by atoms with van der Waals surface area (Å²) in [6.07, 6.45) is 1.82. The van der Waals surface area contributed by atoms with Crippen LogP contribution in [-0.2, 0) is 12.8 Å². The molecule has 0 saturated carbocycles. The second-order valence-corrected chi connectivity index (χ2v) is 6.75. The average Bonchev–Trinajstić information content (AvgIpc) is 2.97. The normalized spacial score (nSPS) is 18.0. The summed E-state index contributed by atoms with van der Waals surface area (Å²) in [5.41, 5.74) is 11.6. The third-order valence-electron chi connectivity index (χ3n) is 5.06. The van der Waals surface area contributed by atoms with Crippen molar-refractivity contribution in [2.45, 2.75) is 24.8 Å². The summed E-state index contributed by atoms with van der Waals surface area (Å²) in [5.74, 6) is 1.23. The number of hydrogen-bond donors (Lipinski definition) is 1. The number of halogens is 1. The second-order valence-electron chi connectivity index (χ2n) is 6.75. The van der Waals surface area contributed by atoms with Gasteiger partial charge in [-0.2, -0.15) is 0 Å². The molecule has 3 heteroatoms. The number of fused-ring (bicyclic) bond motifs is 1. The van der Waals surface area contributed by atoms with Gasteiger partial charge in [-0.1, -0.05) is 72.8 Å². The first-order valence-corrected chi connectivity index (χ1v) is 8.89. The van der Waals surface area contributed by atoms with Gasteiger partial charge in [-0.05, 0) is 34.7 Å². The van der Waals surface area contributed by atoms with Crippen molar-refractivity contribution in [2.24, 2.45) is 5.73 Å². The van der Waals surface area contributed by atoms with Crippen molar-refractivity contribution in [3.05, 3.63) is 101 Å². The van der Waals surface area contributed by atoms with Gasteiger partial charge in [0.2, 0.25) is 0 Å². The van der Waals surface area contributed by atoms with Crippen LogP contribution >= 0.6 is 12.4 Å². The molecule has 0 amide bonds. The monoisotopic (exact) mass is 365 g/mol. The van der Waals surface area contributed by atoms with Crippen LogP contribution in [0.4, 0.5) is 0 Å². The molecular formula is C23H24ClNO. The predicted molar refractivity (Wildman–Crippen MR) is 109 cm³/mol. The molecule has 1 aliphatic carbocycles. The van der Waals surface area contributed by atoms with Gasteiger partial charge in [-0.15, -0.1) is 12.4 Å². The van der Waals surface area contributed by atoms with Crippen LogP contribution in [0.2, 0.25) is 0 Å². The molecule has 0 bridgehead atoms. The summed E-state index contributed by atoms with van der Waals surface area (Å²) < 4.78 is 6.24. The zero-order chi connectivity index (χ0) is 17.1. The highest BCUT2D eigenvalue weighted by Crippen LogP contribution is 2.33. The highest BCUT2D eigenvalue weighted by Gasteiger charge is 2.30. The van der Waals surface area contributed by atoms with Gasteiger partial charge in [0, 0.05) is 18.4 Å². The highest BCUT2D eigenvalue weighted by molar-refractivity contribution is 5.85. The van der Waals surface area contributed by atoms with E-state index < -0.39 is 0 Å². The van der Waals surface area contributed by atoms with Crippen LogP contribution in [-0.4, -0.2) is 12.6 Å². The summed E-state index contributed by atoms with van der Waals surface area (Å²) in [7, 11) is 0. The van der Waals surface area contributed by atoms with Gasteiger partial charge in [0.1, 0.15) is 5.75 Å². The Kier molecular flexibility index (Phi) is 5.97. The molecule has 0 aliphatic heterocycles. The Balaban J connectivity index is 0.00000196. The summed E-state index contributed by atoms with van der Waals surface area (Å²) in [6.45, 7) is 0.629. The summed E-state index contributed by atoms with van der Waals surface area (Å²) in [6, 6.07) is 27.5. The number of hydrogen-bond acceptors (Lipinski definition) is 2. The van der Waals surface area contributed by atoms with E-state index in [1.54, 1.807) is 0 Å². The first kappa shape index (κ1) is 18.5. The largest absolute Gasteiger partial charge is 0.493 e. The van der Waals surface area contributed by atoms with Gasteiger partial charge in [0.05, 0.1) is 6.61 Å². The standard InChI is InChI=1S/C23H23NO.ClH/c24-22-15-18-10-4-6-12-20(18)21(22)16-25-23-13-7-5-11-19(23)14-17-8-2-1-3-9-17;/h1-13,21-22H,14-16,24H2;1H. The topological polar surface area (TPSA) is 35.2 Å². The predicted octanol–water partition coefficient (Wildman–Crippen LogP) is 4.75. The van der Waals surface area contributed by atoms with Crippen LogP contribution in [0.3, 0.4) is 0 Å². The zero-order valence-electron chi connectivity index (χ0n) is 14.7. The van der Waals surface area contributed by atoms with E-state index in [0.717, 1.165) is 18.6 Å². The molecule has 26 heavy (non-hydrogen) atoms. The van der Waals surface area contributed by atoms with E-state index in [0.29, 0.717) is 6.61 Å². The van der Waals surface area contributed by atoms with Crippen molar-refractivity contribution in [2.75, 3.05) is 6.61 Å². The summed E-state index contributed by atoms with van der Waals surface area (Å²) in [4.78, 5) is 0. The minimum Gasteiger partial charge on any atom is -0.493 e. The third-order valence-corrected chi connectivity index (χ3v) is 5.06. The zero-order valence-corrected chi connectivity index (χ0v) is 15.5. The van der Waals surface area contributed by atoms with Crippen LogP contribution in [0, 0.1) is 0 Å². The minimum absolute atomic E-state index is 0. The molecule has 0 radical (unpaired) electrons. The maximum atomic E-state index is 6.38. The lowest BCUT2D eigenvalue weighted by Crippen LogP contribution is -2.29. The number of para-hydroxylation sites is 1. The number of ether oxygens (including phenoxy) is 1. The molecule has 2 unspecified atom stereocenters. The molecule has 0 saturated heterocycles. The van der Waals surface area contributed by atoms with Crippen LogP contribution in [0.25, 0.3) is 0 Å². The Morgan fingerprint density at radius 2 is 1.54 bits per heavy atom. The fourth-order valence-corrected chi connectivity index (χ4v) is 3.71. The third kappa shape index (κ3) is 3.92. The van der Waals surface area contributed by atoms with Gasteiger partial charge < -0.3 is 10.5 Å². The fourth-order valence-electron chi connectivity index (χ4n) is 3.71. The quantitative estimate of drug-likeness (QED) is 0.708. The molecule has 0 fully saturated rings. The molecule has 4 rings (SSSR count). The number of benzene rings is 3. The van der Waals surface area contributed by atoms with E-state index in [4.69, 9.17) is 10.5 Å². The van der Waals surface area contributed by atoms with E-state index >= 15 is 0 Å². The van der Waals surface area contributed by atoms with Crippen molar-refractivity contribution in [3.63, 3.8) is 0 Å². The molecule has 0 aromatic heterocycles. The number of rotatable bonds is 5. The lowest BCUT2D eigenvalue weighted by molar-refractivity contribution is 0.274. The molecule has 2 nitrogen and oxygen atoms in total. The van der Waals surface area contributed by atoms with Gasteiger partial charge in [-0.25, -0.2) is 0 Å². The molecule has 0 heterocycles. The SMILES string of the molecule is Cl.NC1Cc2ccccc2C1COc1ccccc1Cc1ccccc1. The Hall–Kier alpha value is -2.29. The van der Waals surface area contributed by atoms with E-state index in [-0.39, 0.29) is 24.4 Å². The van der Waals surface area contributed by atoms with E-state index in [1.807, 2.05) is 12.1 Å². The van der Waals surface area contributed by atoms with E-state index in [9.17, 15) is 0 Å². The van der Waals surface area contributed by atoms with Crippen LogP contribution in [0.1, 0.15) is 28.2 Å². The lowest BCUT2D eigenvalue weighted by atomic mass is 10.00. The second kappa shape index (κ2) is 8.39. The van der Waals surface area contributed by atoms with Crippen molar-refractivity contribution in [1.82, 2.24) is 0 Å². The van der Waals surface area contributed by atoms with E-state index in [1.165, 1.54) is 22.3 Å². The Morgan fingerprint density at radius 3 is 2.38 bits per heavy atom. The lowest BCUT2D eigenvalue weighted by Gasteiger charge is -2.19. The average molecular weight is 366 g/mol. The molecular weight excluding hydrogens is 342 g/mol. The Labute approximate surface area is 161 Å². The van der Waals surface area contributed by atoms with Crippen LogP contribution < -0.4 is 10.5 Å². The highest BCUT2D eigenvalue weighted by atomic mass is 35.5. The van der Waals surface area contributed by atoms with Crippen molar-refractivity contribution < 1.29 is 4.74 Å². The minimum atomic E-state index is 0. The molecule has 0 spiro atoms. The molecule has 1 aliphatic rings. The smallest absolute Gasteiger partial charge is 0.122 e. The van der Waals surface area contributed by atoms with Gasteiger partial charge in [0.15, 0.2) is 0 Å². The Morgan fingerprint density at radius 1 is 0.846 bits per heavy atom. The van der Waals surface area contributed by atoms with Crippen molar-refractivity contribution in [1.29, 1.82) is 0 Å². The maximum Gasteiger partial charge on any atom is 0.122 e. The van der Waals surface area contributed by atoms with Crippen molar-refractivity contribution in [3.8, 4) is 5.75 Å². The summed E-state index contributed by atoms with van der Waals surface area (Å²) >= 11 is 0. The first-order chi connectivity index (χ1) is 12.3. The Bertz CT molecular complexity index is 850. The van der Waals surface area contributed by atoms with Crippen LogP contribution in [0.15, 0.2) is 78.9 Å². The fraction of sp³-hybridized carbons (Fsp3) is 0.217. The van der Waals surface area contributed by atoms with Gasteiger partial charge in [0.25, 0.3) is 0 Å². The molecule has 2 N–H and O–H groups in total. The summed E-state index contributed by atoms with van der Waals surface area (Å²) in [5, 5.41) is 0. The van der Waals surface area contributed by atoms with Gasteiger partial charge in [-0.3, -0.25) is 0 Å². The van der Waals surface area contributed by atoms with Gasteiger partial charge >= 0.3 is 0 Å².